The number of ether oxygens (including phenoxy) is 2. The van der Waals surface area contributed by atoms with Crippen molar-refractivity contribution in [2.24, 2.45) is 11.8 Å². The fraction of sp³-hybridized carbons (Fsp3) is 0.636. The Balaban J connectivity index is 1.52. The molecule has 0 unspecified atom stereocenters. The summed E-state index contributed by atoms with van der Waals surface area (Å²) in [7, 11) is 0. The molecule has 0 N–H and O–H groups in total. The molecular formula is C22H27ClF4O2. The second-order valence-corrected chi connectivity index (χ2v) is 8.49. The third-order valence-electron chi connectivity index (χ3n) is 5.95. The highest BCUT2D eigenvalue weighted by molar-refractivity contribution is 6.21. The fourth-order valence-corrected chi connectivity index (χ4v) is 4.50. The second-order valence-electron chi connectivity index (χ2n) is 8.02. The SMILES string of the molecule is CC=CCCC1COC(C2CCC(c3cc(F)c(C(F)(F)Cl)c(F)c3)CC2)OC1. The van der Waals surface area contributed by atoms with Gasteiger partial charge in [0.1, 0.15) is 17.2 Å². The van der Waals surface area contributed by atoms with E-state index in [9.17, 15) is 17.6 Å². The molecule has 1 aromatic rings. The van der Waals surface area contributed by atoms with Gasteiger partial charge in [0.2, 0.25) is 0 Å². The van der Waals surface area contributed by atoms with Gasteiger partial charge in [-0.2, -0.15) is 8.78 Å². The molecule has 2 nitrogen and oxygen atoms in total. The number of hydrogen-bond donors (Lipinski definition) is 0. The van der Waals surface area contributed by atoms with Crippen molar-refractivity contribution in [2.45, 2.75) is 63.0 Å². The van der Waals surface area contributed by atoms with Gasteiger partial charge in [0.05, 0.1) is 13.2 Å². The van der Waals surface area contributed by atoms with Gasteiger partial charge in [-0.3, -0.25) is 0 Å². The Kier molecular flexibility index (Phi) is 7.63. The number of hydrogen-bond acceptors (Lipinski definition) is 2. The zero-order valence-electron chi connectivity index (χ0n) is 16.5. The first-order valence-corrected chi connectivity index (χ1v) is 10.6. The first-order chi connectivity index (χ1) is 13.8. The van der Waals surface area contributed by atoms with Crippen molar-refractivity contribution in [3.63, 3.8) is 0 Å². The number of benzene rings is 1. The van der Waals surface area contributed by atoms with Gasteiger partial charge in [-0.05, 0) is 80.7 Å². The number of alkyl halides is 3. The van der Waals surface area contributed by atoms with E-state index in [1.54, 1.807) is 0 Å². The molecule has 29 heavy (non-hydrogen) atoms. The van der Waals surface area contributed by atoms with Gasteiger partial charge in [-0.25, -0.2) is 8.78 Å². The van der Waals surface area contributed by atoms with Crippen LogP contribution in [0.2, 0.25) is 0 Å². The maximum atomic E-state index is 14.0. The molecule has 0 radical (unpaired) electrons. The summed E-state index contributed by atoms with van der Waals surface area (Å²) in [5.74, 6) is -2.03. The maximum Gasteiger partial charge on any atom is 0.353 e. The first-order valence-electron chi connectivity index (χ1n) is 10.2. The Labute approximate surface area is 174 Å². The minimum atomic E-state index is -4.06. The fourth-order valence-electron chi connectivity index (χ4n) is 4.32. The van der Waals surface area contributed by atoms with Crippen molar-refractivity contribution in [3.05, 3.63) is 47.0 Å². The van der Waals surface area contributed by atoms with Gasteiger partial charge >= 0.3 is 5.38 Å². The highest BCUT2D eigenvalue weighted by Gasteiger charge is 2.37. The van der Waals surface area contributed by atoms with E-state index in [1.807, 2.05) is 13.0 Å². The monoisotopic (exact) mass is 434 g/mol. The van der Waals surface area contributed by atoms with E-state index in [1.165, 1.54) is 0 Å². The summed E-state index contributed by atoms with van der Waals surface area (Å²) >= 11 is 4.81. The maximum absolute atomic E-state index is 14.0. The lowest BCUT2D eigenvalue weighted by Gasteiger charge is -2.37. The highest BCUT2D eigenvalue weighted by Crippen LogP contribution is 2.42. The zero-order chi connectivity index (χ0) is 21.0. The van der Waals surface area contributed by atoms with E-state index >= 15 is 0 Å². The molecule has 1 heterocycles. The van der Waals surface area contributed by atoms with Crippen molar-refractivity contribution in [1.29, 1.82) is 0 Å². The molecule has 1 aromatic carbocycles. The van der Waals surface area contributed by atoms with E-state index in [-0.39, 0.29) is 18.1 Å². The second kappa shape index (κ2) is 9.80. The largest absolute Gasteiger partial charge is 0.353 e. The van der Waals surface area contributed by atoms with Gasteiger partial charge in [0, 0.05) is 11.8 Å². The molecule has 2 aliphatic rings. The zero-order valence-corrected chi connectivity index (χ0v) is 17.2. The minimum absolute atomic E-state index is 0.0783. The van der Waals surface area contributed by atoms with Crippen LogP contribution in [0.5, 0.6) is 0 Å². The summed E-state index contributed by atoms with van der Waals surface area (Å²) in [5, 5.41) is -4.06. The van der Waals surface area contributed by atoms with Crippen LogP contribution in [-0.4, -0.2) is 19.5 Å². The van der Waals surface area contributed by atoms with Gasteiger partial charge in [0.25, 0.3) is 0 Å². The summed E-state index contributed by atoms with van der Waals surface area (Å²) in [6.45, 7) is 3.38. The molecule has 3 rings (SSSR count). The molecule has 2 fully saturated rings. The van der Waals surface area contributed by atoms with Gasteiger partial charge in [-0.1, -0.05) is 12.2 Å². The standard InChI is InChI=1S/C22H27ClF4O2/c1-2-3-4-5-14-12-28-21(29-13-14)16-8-6-15(7-9-16)17-10-18(24)20(19(25)11-17)22(23,26)27/h2-3,10-11,14-16,21H,4-9,12-13H2,1H3. The summed E-state index contributed by atoms with van der Waals surface area (Å²) in [6, 6.07) is 1.98. The van der Waals surface area contributed by atoms with Crippen LogP contribution in [0.3, 0.4) is 0 Å². The Bertz CT molecular complexity index is 680. The van der Waals surface area contributed by atoms with Crippen molar-refractivity contribution < 1.29 is 27.0 Å². The summed E-state index contributed by atoms with van der Waals surface area (Å²) in [6.07, 6.45) is 9.01. The van der Waals surface area contributed by atoms with E-state index in [4.69, 9.17) is 21.1 Å². The van der Waals surface area contributed by atoms with Crippen LogP contribution in [0.4, 0.5) is 17.6 Å². The predicted octanol–water partition coefficient (Wildman–Crippen LogP) is 6.87. The summed E-state index contributed by atoms with van der Waals surface area (Å²) < 4.78 is 66.3. The molecule has 7 heteroatoms. The van der Waals surface area contributed by atoms with Gasteiger partial charge < -0.3 is 9.47 Å². The number of allylic oxidation sites excluding steroid dienone is 2. The topological polar surface area (TPSA) is 18.5 Å². The van der Waals surface area contributed by atoms with Crippen LogP contribution in [0.15, 0.2) is 24.3 Å². The normalized spacial score (nSPS) is 28.8. The molecule has 0 bridgehead atoms. The molecule has 1 aliphatic heterocycles. The van der Waals surface area contributed by atoms with Crippen LogP contribution >= 0.6 is 11.6 Å². The summed E-state index contributed by atoms with van der Waals surface area (Å²) in [5.41, 5.74) is -0.984. The molecule has 0 atom stereocenters. The first kappa shape index (κ1) is 22.6. The molecule has 1 aliphatic carbocycles. The Morgan fingerprint density at radius 3 is 2.17 bits per heavy atom. The lowest BCUT2D eigenvalue weighted by atomic mass is 9.78. The lowest BCUT2D eigenvalue weighted by Crippen LogP contribution is -2.38. The Morgan fingerprint density at radius 2 is 1.66 bits per heavy atom. The quantitative estimate of drug-likeness (QED) is 0.276. The van der Waals surface area contributed by atoms with E-state index in [0.29, 0.717) is 37.5 Å². The van der Waals surface area contributed by atoms with Crippen LogP contribution < -0.4 is 0 Å². The Morgan fingerprint density at radius 1 is 1.07 bits per heavy atom. The van der Waals surface area contributed by atoms with E-state index in [2.05, 4.69) is 6.08 Å². The minimum Gasteiger partial charge on any atom is -0.352 e. The number of rotatable bonds is 6. The molecule has 1 saturated heterocycles. The van der Waals surface area contributed by atoms with Crippen molar-refractivity contribution >= 4 is 11.6 Å². The Hall–Kier alpha value is -1.11. The third kappa shape index (κ3) is 5.74. The van der Waals surface area contributed by atoms with Gasteiger partial charge in [-0.15, -0.1) is 0 Å². The predicted molar refractivity (Wildman–Crippen MR) is 104 cm³/mol. The average Bonchev–Trinajstić information content (AvgIpc) is 2.67. The molecular weight excluding hydrogens is 408 g/mol. The van der Waals surface area contributed by atoms with Gasteiger partial charge in [0.15, 0.2) is 6.29 Å². The van der Waals surface area contributed by atoms with Crippen molar-refractivity contribution in [3.8, 4) is 0 Å². The average molecular weight is 435 g/mol. The van der Waals surface area contributed by atoms with Crippen LogP contribution in [0, 0.1) is 23.5 Å². The van der Waals surface area contributed by atoms with E-state index in [0.717, 1.165) is 37.8 Å². The smallest absolute Gasteiger partial charge is 0.352 e. The molecule has 0 spiro atoms. The molecule has 1 saturated carbocycles. The molecule has 162 valence electrons. The van der Waals surface area contributed by atoms with Crippen LogP contribution in [0.1, 0.15) is 62.5 Å². The third-order valence-corrected chi connectivity index (χ3v) is 6.13. The number of halogens is 5. The van der Waals surface area contributed by atoms with Crippen molar-refractivity contribution in [2.75, 3.05) is 13.2 Å². The molecule has 0 amide bonds. The van der Waals surface area contributed by atoms with Crippen molar-refractivity contribution in [1.82, 2.24) is 0 Å². The molecule has 0 aromatic heterocycles. The van der Waals surface area contributed by atoms with Crippen LogP contribution in [-0.2, 0) is 14.9 Å². The highest BCUT2D eigenvalue weighted by atomic mass is 35.5. The van der Waals surface area contributed by atoms with E-state index < -0.39 is 22.6 Å². The van der Waals surface area contributed by atoms with Crippen LogP contribution in [0.25, 0.3) is 0 Å². The summed E-state index contributed by atoms with van der Waals surface area (Å²) in [4.78, 5) is 0. The lowest BCUT2D eigenvalue weighted by molar-refractivity contribution is -0.229.